The van der Waals surface area contributed by atoms with Gasteiger partial charge < -0.3 is 15.5 Å². The molecule has 1 fully saturated rings. The molecule has 0 radical (unpaired) electrons. The largest absolute Gasteiger partial charge is 0.354 e. The van der Waals surface area contributed by atoms with Crippen LogP contribution in [-0.2, 0) is 11.3 Å². The Hall–Kier alpha value is -1.09. The fourth-order valence-electron chi connectivity index (χ4n) is 2.57. The lowest BCUT2D eigenvalue weighted by Gasteiger charge is -2.25. The lowest BCUT2D eigenvalue weighted by atomic mass is 9.96. The number of amides is 1. The van der Waals surface area contributed by atoms with Crippen molar-refractivity contribution in [3.05, 3.63) is 29.0 Å². The van der Waals surface area contributed by atoms with Crippen molar-refractivity contribution in [1.82, 2.24) is 20.5 Å². The number of carbonyl (C=O) groups is 1. The van der Waals surface area contributed by atoms with E-state index in [0.717, 1.165) is 18.5 Å². The standard InChI is InChI=1S/C17H26ClN5O.HI/c1-23(2)16(24)12-21-17(22-14-6-4-3-5-7-14)20-11-15-9-8-13(18)10-19-15;/h8-10,14H,3-7,11-12H2,1-2H3,(H2,20,21,22);1H. The highest BCUT2D eigenvalue weighted by Gasteiger charge is 2.15. The summed E-state index contributed by atoms with van der Waals surface area (Å²) in [7, 11) is 3.49. The molecule has 1 heterocycles. The molecular formula is C17H27ClIN5O. The monoisotopic (exact) mass is 479 g/mol. The highest BCUT2D eigenvalue weighted by molar-refractivity contribution is 14.0. The van der Waals surface area contributed by atoms with Crippen molar-refractivity contribution in [2.75, 3.05) is 20.6 Å². The Morgan fingerprint density at radius 2 is 2.04 bits per heavy atom. The van der Waals surface area contributed by atoms with Gasteiger partial charge in [-0.3, -0.25) is 9.78 Å². The Kier molecular flexibility index (Phi) is 10.1. The van der Waals surface area contributed by atoms with E-state index in [0.29, 0.717) is 23.6 Å². The van der Waals surface area contributed by atoms with E-state index in [9.17, 15) is 4.79 Å². The molecule has 0 spiro atoms. The third-order valence-electron chi connectivity index (χ3n) is 4.04. The minimum absolute atomic E-state index is 0. The van der Waals surface area contributed by atoms with Gasteiger partial charge in [-0.1, -0.05) is 30.9 Å². The first kappa shape index (κ1) is 22.0. The van der Waals surface area contributed by atoms with Crippen LogP contribution in [0.2, 0.25) is 5.02 Å². The predicted molar refractivity (Wildman–Crippen MR) is 113 cm³/mol. The number of guanidine groups is 1. The molecule has 1 amide bonds. The van der Waals surface area contributed by atoms with Crippen LogP contribution in [0, 0.1) is 0 Å². The minimum atomic E-state index is 0. The molecule has 0 atom stereocenters. The Morgan fingerprint density at radius 3 is 2.64 bits per heavy atom. The van der Waals surface area contributed by atoms with Crippen molar-refractivity contribution in [2.24, 2.45) is 4.99 Å². The molecule has 1 aromatic heterocycles. The molecule has 140 valence electrons. The van der Waals surface area contributed by atoms with Crippen LogP contribution in [0.5, 0.6) is 0 Å². The maximum atomic E-state index is 11.8. The fourth-order valence-corrected chi connectivity index (χ4v) is 2.68. The van der Waals surface area contributed by atoms with Crippen LogP contribution in [0.4, 0.5) is 0 Å². The molecule has 6 nitrogen and oxygen atoms in total. The van der Waals surface area contributed by atoms with Gasteiger partial charge in [0.15, 0.2) is 5.96 Å². The minimum Gasteiger partial charge on any atom is -0.354 e. The molecule has 1 aromatic rings. The molecule has 0 unspecified atom stereocenters. The number of aliphatic imine (C=N–C) groups is 1. The number of likely N-dealkylation sites (N-methyl/N-ethyl adjacent to an activating group) is 1. The summed E-state index contributed by atoms with van der Waals surface area (Å²) in [5.74, 6) is 0.673. The van der Waals surface area contributed by atoms with Crippen LogP contribution in [0.15, 0.2) is 23.3 Å². The van der Waals surface area contributed by atoms with Gasteiger partial charge in [-0.05, 0) is 25.0 Å². The number of pyridine rings is 1. The average molecular weight is 480 g/mol. The number of hydrogen-bond acceptors (Lipinski definition) is 3. The molecule has 2 rings (SSSR count). The van der Waals surface area contributed by atoms with Gasteiger partial charge >= 0.3 is 0 Å². The number of halogens is 2. The molecule has 0 aliphatic heterocycles. The second-order valence-electron chi connectivity index (χ2n) is 6.25. The van der Waals surface area contributed by atoms with Crippen LogP contribution in [-0.4, -0.2) is 48.4 Å². The lowest BCUT2D eigenvalue weighted by Crippen LogP contribution is -2.47. The third kappa shape index (κ3) is 8.22. The highest BCUT2D eigenvalue weighted by atomic mass is 127. The summed E-state index contributed by atoms with van der Waals surface area (Å²) in [6, 6.07) is 4.07. The summed E-state index contributed by atoms with van der Waals surface area (Å²) in [6.45, 7) is 0.662. The van der Waals surface area contributed by atoms with Gasteiger partial charge in [0.05, 0.1) is 23.8 Å². The second kappa shape index (κ2) is 11.5. The van der Waals surface area contributed by atoms with E-state index in [1.807, 2.05) is 6.07 Å². The van der Waals surface area contributed by atoms with Gasteiger partial charge in [-0.25, -0.2) is 4.99 Å². The van der Waals surface area contributed by atoms with E-state index >= 15 is 0 Å². The molecule has 25 heavy (non-hydrogen) atoms. The van der Waals surface area contributed by atoms with Gasteiger partial charge in [0.25, 0.3) is 0 Å². The van der Waals surface area contributed by atoms with E-state index in [4.69, 9.17) is 11.6 Å². The van der Waals surface area contributed by atoms with Crippen molar-refractivity contribution in [3.8, 4) is 0 Å². The zero-order chi connectivity index (χ0) is 17.4. The number of aromatic nitrogens is 1. The molecule has 2 N–H and O–H groups in total. The van der Waals surface area contributed by atoms with Crippen molar-refractivity contribution in [3.63, 3.8) is 0 Å². The van der Waals surface area contributed by atoms with Crippen molar-refractivity contribution in [1.29, 1.82) is 0 Å². The quantitative estimate of drug-likeness (QED) is 0.387. The first-order chi connectivity index (χ1) is 11.5. The highest BCUT2D eigenvalue weighted by Crippen LogP contribution is 2.17. The normalized spacial score (nSPS) is 15.2. The molecule has 0 bridgehead atoms. The summed E-state index contributed by atoms with van der Waals surface area (Å²) >= 11 is 5.85. The average Bonchev–Trinajstić information content (AvgIpc) is 2.59. The SMILES string of the molecule is CN(C)C(=O)CNC(=NCc1ccc(Cl)cn1)NC1CCCCC1.I. The molecule has 1 aliphatic rings. The third-order valence-corrected chi connectivity index (χ3v) is 4.26. The number of nitrogens with zero attached hydrogens (tertiary/aromatic N) is 3. The van der Waals surface area contributed by atoms with Crippen LogP contribution >= 0.6 is 35.6 Å². The van der Waals surface area contributed by atoms with Gasteiger partial charge in [0, 0.05) is 26.3 Å². The first-order valence-corrected chi connectivity index (χ1v) is 8.78. The first-order valence-electron chi connectivity index (χ1n) is 8.40. The topological polar surface area (TPSA) is 69.6 Å². The van der Waals surface area contributed by atoms with Gasteiger partial charge in [-0.15, -0.1) is 24.0 Å². The Bertz CT molecular complexity index is 559. The van der Waals surface area contributed by atoms with Crippen LogP contribution < -0.4 is 10.6 Å². The predicted octanol–water partition coefficient (Wildman–Crippen LogP) is 2.81. The molecule has 0 saturated heterocycles. The van der Waals surface area contributed by atoms with Gasteiger partial charge in [0.2, 0.25) is 5.91 Å². The maximum absolute atomic E-state index is 11.8. The van der Waals surface area contributed by atoms with E-state index in [1.54, 1.807) is 31.3 Å². The summed E-state index contributed by atoms with van der Waals surface area (Å²) in [6.07, 6.45) is 7.67. The molecule has 1 saturated carbocycles. The zero-order valence-electron chi connectivity index (χ0n) is 14.8. The molecule has 0 aromatic carbocycles. The van der Waals surface area contributed by atoms with E-state index in [-0.39, 0.29) is 36.4 Å². The van der Waals surface area contributed by atoms with Crippen LogP contribution in [0.25, 0.3) is 0 Å². The Labute approximate surface area is 171 Å². The second-order valence-corrected chi connectivity index (χ2v) is 6.69. The lowest BCUT2D eigenvalue weighted by molar-refractivity contribution is -0.127. The van der Waals surface area contributed by atoms with E-state index < -0.39 is 0 Å². The van der Waals surface area contributed by atoms with Crippen molar-refractivity contribution >= 4 is 47.4 Å². The zero-order valence-corrected chi connectivity index (χ0v) is 17.9. The number of hydrogen-bond donors (Lipinski definition) is 2. The van der Waals surface area contributed by atoms with Crippen molar-refractivity contribution < 1.29 is 4.79 Å². The van der Waals surface area contributed by atoms with Gasteiger partial charge in [-0.2, -0.15) is 0 Å². The van der Waals surface area contributed by atoms with Crippen LogP contribution in [0.3, 0.4) is 0 Å². The Balaban J connectivity index is 0.00000312. The van der Waals surface area contributed by atoms with Crippen molar-refractivity contribution in [2.45, 2.75) is 44.7 Å². The molecule has 1 aliphatic carbocycles. The summed E-state index contributed by atoms with van der Waals surface area (Å²) < 4.78 is 0. The number of nitrogens with one attached hydrogen (secondary N) is 2. The number of carbonyl (C=O) groups excluding carboxylic acids is 1. The fraction of sp³-hybridized carbons (Fsp3) is 0.588. The summed E-state index contributed by atoms with van der Waals surface area (Å²) in [5, 5.41) is 7.18. The van der Waals surface area contributed by atoms with E-state index in [2.05, 4.69) is 20.6 Å². The summed E-state index contributed by atoms with van der Waals surface area (Å²) in [5.41, 5.74) is 0.836. The van der Waals surface area contributed by atoms with E-state index in [1.165, 1.54) is 19.3 Å². The maximum Gasteiger partial charge on any atom is 0.241 e. The van der Waals surface area contributed by atoms with Gasteiger partial charge in [0.1, 0.15) is 0 Å². The molecule has 8 heteroatoms. The number of rotatable bonds is 5. The van der Waals surface area contributed by atoms with Crippen LogP contribution in [0.1, 0.15) is 37.8 Å². The smallest absolute Gasteiger partial charge is 0.241 e. The summed E-state index contributed by atoms with van der Waals surface area (Å²) in [4.78, 5) is 22.2. The molecular weight excluding hydrogens is 453 g/mol. The Morgan fingerprint density at radius 1 is 1.32 bits per heavy atom.